The minimum atomic E-state index is -0.688. The average molecular weight is 617 g/mol. The molecule has 8 heteroatoms. The lowest BCUT2D eigenvalue weighted by Crippen LogP contribution is -2.45. The van der Waals surface area contributed by atoms with Crippen molar-refractivity contribution in [2.45, 2.75) is 77.8 Å². The Morgan fingerprint density at radius 3 is 2.42 bits per heavy atom. The zero-order valence-corrected chi connectivity index (χ0v) is 28.0. The molecular formula is C37H52N4O4. The smallest absolute Gasteiger partial charge is 0.321 e. The Morgan fingerprint density at radius 1 is 1.02 bits per heavy atom. The van der Waals surface area contributed by atoms with Crippen LogP contribution in [0.3, 0.4) is 0 Å². The number of aliphatic carboxylic acids is 1. The first-order valence-corrected chi connectivity index (χ1v) is 16.8. The molecule has 1 aromatic heterocycles. The van der Waals surface area contributed by atoms with Crippen LogP contribution in [0.4, 0.5) is 0 Å². The quantitative estimate of drug-likeness (QED) is 0.245. The summed E-state index contributed by atoms with van der Waals surface area (Å²) in [5.74, 6) is 2.15. The predicted molar refractivity (Wildman–Crippen MR) is 179 cm³/mol. The molecule has 2 aromatic carbocycles. The normalized spacial score (nSPS) is 21.1. The first-order valence-electron chi connectivity index (χ1n) is 16.8. The molecule has 0 amide bonds. The lowest BCUT2D eigenvalue weighted by Gasteiger charge is -2.35. The molecule has 0 radical (unpaired) electrons. The van der Waals surface area contributed by atoms with Crippen LogP contribution < -0.4 is 9.47 Å². The fourth-order valence-electron chi connectivity index (χ4n) is 7.68. The van der Waals surface area contributed by atoms with Crippen LogP contribution in [-0.2, 0) is 17.8 Å². The van der Waals surface area contributed by atoms with E-state index in [0.29, 0.717) is 17.8 Å². The van der Waals surface area contributed by atoms with Gasteiger partial charge < -0.3 is 19.5 Å². The maximum atomic E-state index is 12.4. The Bertz CT molecular complexity index is 1430. The van der Waals surface area contributed by atoms with E-state index in [2.05, 4.69) is 78.6 Å². The predicted octanol–water partition coefficient (Wildman–Crippen LogP) is 6.21. The SMILES string of the molecule is CCC(C)C(C(=O)O)N1CC(CN2CCC(c3cc(Cc4ccc(OC)c(OC)c4)nn3CC)CC2)C(c2cccc(C)c2)C1. The van der Waals surface area contributed by atoms with Gasteiger partial charge in [-0.1, -0.05) is 56.2 Å². The van der Waals surface area contributed by atoms with Crippen LogP contribution in [0.2, 0.25) is 0 Å². The van der Waals surface area contributed by atoms with E-state index in [0.717, 1.165) is 87.7 Å². The van der Waals surface area contributed by atoms with Gasteiger partial charge >= 0.3 is 5.97 Å². The van der Waals surface area contributed by atoms with Crippen LogP contribution in [0.5, 0.6) is 11.5 Å². The number of rotatable bonds is 13. The highest BCUT2D eigenvalue weighted by Gasteiger charge is 2.42. The summed E-state index contributed by atoms with van der Waals surface area (Å²) in [6, 6.07) is 16.8. The molecule has 4 atom stereocenters. The summed E-state index contributed by atoms with van der Waals surface area (Å²) in [6.45, 7) is 14.1. The summed E-state index contributed by atoms with van der Waals surface area (Å²) in [7, 11) is 3.33. The Hall–Kier alpha value is -3.36. The van der Waals surface area contributed by atoms with Crippen molar-refractivity contribution in [2.24, 2.45) is 11.8 Å². The monoisotopic (exact) mass is 616 g/mol. The van der Waals surface area contributed by atoms with Crippen molar-refractivity contribution in [3.05, 3.63) is 76.6 Å². The molecule has 5 rings (SSSR count). The molecule has 8 nitrogen and oxygen atoms in total. The molecule has 244 valence electrons. The van der Waals surface area contributed by atoms with Crippen LogP contribution in [0.25, 0.3) is 0 Å². The number of hydrogen-bond donors (Lipinski definition) is 1. The van der Waals surface area contributed by atoms with Gasteiger partial charge in [0.15, 0.2) is 11.5 Å². The second-order valence-electron chi connectivity index (χ2n) is 13.2. The van der Waals surface area contributed by atoms with E-state index in [4.69, 9.17) is 14.6 Å². The zero-order chi connectivity index (χ0) is 32.1. The summed E-state index contributed by atoms with van der Waals surface area (Å²) in [6.07, 6.45) is 3.84. The van der Waals surface area contributed by atoms with E-state index in [9.17, 15) is 9.90 Å². The van der Waals surface area contributed by atoms with E-state index < -0.39 is 12.0 Å². The molecular weight excluding hydrogens is 564 g/mol. The molecule has 2 fully saturated rings. The molecule has 45 heavy (non-hydrogen) atoms. The fourth-order valence-corrected chi connectivity index (χ4v) is 7.68. The lowest BCUT2D eigenvalue weighted by molar-refractivity contribution is -0.145. The van der Waals surface area contributed by atoms with Crippen molar-refractivity contribution in [1.29, 1.82) is 0 Å². The second kappa shape index (κ2) is 14.8. The molecule has 4 unspecified atom stereocenters. The summed E-state index contributed by atoms with van der Waals surface area (Å²) in [4.78, 5) is 17.3. The number of aromatic nitrogens is 2. The van der Waals surface area contributed by atoms with Crippen molar-refractivity contribution in [3.8, 4) is 11.5 Å². The van der Waals surface area contributed by atoms with E-state index in [1.54, 1.807) is 14.2 Å². The molecule has 0 spiro atoms. The first kappa shape index (κ1) is 33.0. The van der Waals surface area contributed by atoms with Gasteiger partial charge in [-0.15, -0.1) is 0 Å². The number of ether oxygens (including phenoxy) is 2. The Morgan fingerprint density at radius 2 is 1.78 bits per heavy atom. The zero-order valence-electron chi connectivity index (χ0n) is 28.0. The van der Waals surface area contributed by atoms with Gasteiger partial charge in [0, 0.05) is 50.1 Å². The molecule has 2 aliphatic rings. The third-order valence-corrected chi connectivity index (χ3v) is 10.3. The van der Waals surface area contributed by atoms with Crippen LogP contribution in [0, 0.1) is 18.8 Å². The first-order chi connectivity index (χ1) is 21.7. The van der Waals surface area contributed by atoms with Gasteiger partial charge in [0.1, 0.15) is 6.04 Å². The lowest BCUT2D eigenvalue weighted by atomic mass is 9.86. The highest BCUT2D eigenvalue weighted by atomic mass is 16.5. The standard InChI is InChI=1S/C37H52N4O4/c1-7-26(4)36(37(42)43)40-23-30(32(24-40)29-11-9-10-25(3)18-29)22-39-16-14-28(15-17-39)33-21-31(38-41(33)8-2)19-27-12-13-34(44-5)35(20-27)45-6/h9-13,18,20-21,26,28,30,32,36H,7-8,14-17,19,22-24H2,1-6H3,(H,42,43). The van der Waals surface area contributed by atoms with Crippen molar-refractivity contribution >= 4 is 5.97 Å². The van der Waals surface area contributed by atoms with Crippen molar-refractivity contribution in [1.82, 2.24) is 19.6 Å². The topological polar surface area (TPSA) is 80.1 Å². The van der Waals surface area contributed by atoms with Crippen LogP contribution >= 0.6 is 0 Å². The van der Waals surface area contributed by atoms with Gasteiger partial charge in [0.2, 0.25) is 0 Å². The van der Waals surface area contributed by atoms with Gasteiger partial charge in [0.25, 0.3) is 0 Å². The molecule has 0 aliphatic carbocycles. The number of carbonyl (C=O) groups is 1. The summed E-state index contributed by atoms with van der Waals surface area (Å²) in [5.41, 5.74) is 6.19. The largest absolute Gasteiger partial charge is 0.493 e. The van der Waals surface area contributed by atoms with E-state index >= 15 is 0 Å². The highest BCUT2D eigenvalue weighted by Crippen LogP contribution is 2.38. The molecule has 0 bridgehead atoms. The van der Waals surface area contributed by atoms with E-state index in [1.165, 1.54) is 16.8 Å². The molecule has 2 aliphatic heterocycles. The van der Waals surface area contributed by atoms with Crippen molar-refractivity contribution < 1.29 is 19.4 Å². The second-order valence-corrected chi connectivity index (χ2v) is 13.2. The third kappa shape index (κ3) is 7.55. The third-order valence-electron chi connectivity index (χ3n) is 10.3. The molecule has 3 aromatic rings. The van der Waals surface area contributed by atoms with E-state index in [1.807, 2.05) is 12.1 Å². The van der Waals surface area contributed by atoms with Crippen LogP contribution in [-0.4, -0.2) is 83.6 Å². The van der Waals surface area contributed by atoms with Crippen molar-refractivity contribution in [2.75, 3.05) is 46.9 Å². The van der Waals surface area contributed by atoms with Crippen LogP contribution in [0.15, 0.2) is 48.5 Å². The number of carboxylic acids is 1. The van der Waals surface area contributed by atoms with E-state index in [-0.39, 0.29) is 5.92 Å². The number of nitrogens with zero attached hydrogens (tertiary/aromatic N) is 4. The Balaban J connectivity index is 1.26. The number of aryl methyl sites for hydroxylation is 2. The number of benzene rings is 2. The van der Waals surface area contributed by atoms with Gasteiger partial charge in [-0.3, -0.25) is 14.4 Å². The number of piperidine rings is 1. The number of hydrogen-bond acceptors (Lipinski definition) is 6. The maximum absolute atomic E-state index is 12.4. The minimum absolute atomic E-state index is 0.121. The highest BCUT2D eigenvalue weighted by molar-refractivity contribution is 5.74. The molecule has 1 N–H and O–H groups in total. The minimum Gasteiger partial charge on any atom is -0.493 e. The maximum Gasteiger partial charge on any atom is 0.321 e. The summed E-state index contributed by atoms with van der Waals surface area (Å²) >= 11 is 0. The molecule has 2 saturated heterocycles. The molecule has 3 heterocycles. The summed E-state index contributed by atoms with van der Waals surface area (Å²) < 4.78 is 13.1. The number of carboxylic acid groups (broad SMARTS) is 1. The molecule has 0 saturated carbocycles. The van der Waals surface area contributed by atoms with Gasteiger partial charge in [-0.05, 0) is 80.9 Å². The van der Waals surface area contributed by atoms with Crippen molar-refractivity contribution in [3.63, 3.8) is 0 Å². The Labute approximate surface area is 269 Å². The van der Waals surface area contributed by atoms with Gasteiger partial charge in [-0.2, -0.15) is 5.10 Å². The number of likely N-dealkylation sites (tertiary alicyclic amines) is 2. The average Bonchev–Trinajstić information content (AvgIpc) is 3.65. The fraction of sp³-hybridized carbons (Fsp3) is 0.568. The Kier molecular flexibility index (Phi) is 10.9. The van der Waals surface area contributed by atoms with Gasteiger partial charge in [0.05, 0.1) is 19.9 Å². The van der Waals surface area contributed by atoms with Gasteiger partial charge in [-0.25, -0.2) is 0 Å². The number of methoxy groups -OCH3 is 2. The van der Waals surface area contributed by atoms with Crippen LogP contribution in [0.1, 0.15) is 79.9 Å². The summed E-state index contributed by atoms with van der Waals surface area (Å²) in [5, 5.41) is 15.2.